The van der Waals surface area contributed by atoms with E-state index in [1.807, 2.05) is 26.8 Å². The molecule has 3 nitrogen and oxygen atoms in total. The Kier molecular flexibility index (Phi) is 4.98. The molecule has 1 N–H and O–H groups in total. The number of para-hydroxylation sites is 1. The van der Waals surface area contributed by atoms with Gasteiger partial charge in [0, 0.05) is 0 Å². The SMILES string of the molecule is CC(C)CCc1cccc(C(=O)OC(C)(C)C)c1O. The topological polar surface area (TPSA) is 46.5 Å². The highest BCUT2D eigenvalue weighted by Crippen LogP contribution is 2.26. The molecule has 0 aliphatic heterocycles. The van der Waals surface area contributed by atoms with Gasteiger partial charge < -0.3 is 9.84 Å². The van der Waals surface area contributed by atoms with Gasteiger partial charge in [-0.2, -0.15) is 0 Å². The molecule has 1 aromatic carbocycles. The van der Waals surface area contributed by atoms with Crippen molar-refractivity contribution in [2.45, 2.75) is 53.1 Å². The van der Waals surface area contributed by atoms with Gasteiger partial charge in [-0.25, -0.2) is 4.79 Å². The molecule has 0 fully saturated rings. The zero-order valence-electron chi connectivity index (χ0n) is 12.5. The van der Waals surface area contributed by atoms with E-state index in [4.69, 9.17) is 4.74 Å². The van der Waals surface area contributed by atoms with E-state index in [2.05, 4.69) is 13.8 Å². The van der Waals surface area contributed by atoms with Gasteiger partial charge in [-0.15, -0.1) is 0 Å². The minimum absolute atomic E-state index is 0.0531. The summed E-state index contributed by atoms with van der Waals surface area (Å²) >= 11 is 0. The van der Waals surface area contributed by atoms with E-state index >= 15 is 0 Å². The fourth-order valence-corrected chi connectivity index (χ4v) is 1.74. The van der Waals surface area contributed by atoms with Gasteiger partial charge in [-0.05, 0) is 51.2 Å². The van der Waals surface area contributed by atoms with Gasteiger partial charge in [0.15, 0.2) is 0 Å². The smallest absolute Gasteiger partial charge is 0.342 e. The van der Waals surface area contributed by atoms with Crippen LogP contribution >= 0.6 is 0 Å². The van der Waals surface area contributed by atoms with Gasteiger partial charge in [0.1, 0.15) is 16.9 Å². The van der Waals surface area contributed by atoms with Crippen molar-refractivity contribution in [2.24, 2.45) is 5.92 Å². The van der Waals surface area contributed by atoms with Crippen molar-refractivity contribution in [1.29, 1.82) is 0 Å². The summed E-state index contributed by atoms with van der Waals surface area (Å²) in [5.41, 5.74) is 0.491. The first-order valence-corrected chi connectivity index (χ1v) is 6.75. The molecule has 106 valence electrons. The maximum atomic E-state index is 12.0. The molecule has 0 saturated carbocycles. The molecule has 1 aromatic rings. The predicted molar refractivity (Wildman–Crippen MR) is 76.4 cm³/mol. The molecule has 0 heterocycles. The Bertz CT molecular complexity index is 442. The van der Waals surface area contributed by atoms with Crippen LogP contribution in [0.2, 0.25) is 0 Å². The molecule has 0 aromatic heterocycles. The number of benzene rings is 1. The van der Waals surface area contributed by atoms with Gasteiger partial charge in [0.2, 0.25) is 0 Å². The fraction of sp³-hybridized carbons (Fsp3) is 0.562. The molecule has 19 heavy (non-hydrogen) atoms. The summed E-state index contributed by atoms with van der Waals surface area (Å²) in [6, 6.07) is 5.24. The lowest BCUT2D eigenvalue weighted by Crippen LogP contribution is -2.24. The van der Waals surface area contributed by atoms with Crippen molar-refractivity contribution < 1.29 is 14.6 Å². The van der Waals surface area contributed by atoms with Gasteiger partial charge in [0.25, 0.3) is 0 Å². The van der Waals surface area contributed by atoms with Crippen molar-refractivity contribution in [3.05, 3.63) is 29.3 Å². The Balaban J connectivity index is 2.91. The van der Waals surface area contributed by atoms with Crippen LogP contribution in [-0.2, 0) is 11.2 Å². The normalized spacial score (nSPS) is 11.7. The summed E-state index contributed by atoms with van der Waals surface area (Å²) in [6.45, 7) is 9.70. The highest BCUT2D eigenvalue weighted by atomic mass is 16.6. The monoisotopic (exact) mass is 264 g/mol. The van der Waals surface area contributed by atoms with E-state index in [0.29, 0.717) is 5.92 Å². The highest BCUT2D eigenvalue weighted by Gasteiger charge is 2.21. The van der Waals surface area contributed by atoms with E-state index in [-0.39, 0.29) is 11.3 Å². The lowest BCUT2D eigenvalue weighted by atomic mass is 10.00. The summed E-state index contributed by atoms with van der Waals surface area (Å²) in [6.07, 6.45) is 1.74. The number of rotatable bonds is 4. The molecule has 0 bridgehead atoms. The van der Waals surface area contributed by atoms with Crippen molar-refractivity contribution in [3.63, 3.8) is 0 Å². The van der Waals surface area contributed by atoms with E-state index in [1.54, 1.807) is 12.1 Å². The van der Waals surface area contributed by atoms with Crippen LogP contribution in [0.4, 0.5) is 0 Å². The Hall–Kier alpha value is -1.51. The van der Waals surface area contributed by atoms with Gasteiger partial charge in [0.05, 0.1) is 0 Å². The number of esters is 1. The first-order chi connectivity index (χ1) is 8.70. The second kappa shape index (κ2) is 6.09. The van der Waals surface area contributed by atoms with E-state index in [1.165, 1.54) is 0 Å². The second-order valence-corrected chi connectivity index (χ2v) is 6.25. The number of phenolic OH excluding ortho intramolecular Hbond substituents is 1. The number of phenols is 1. The van der Waals surface area contributed by atoms with Gasteiger partial charge in [-0.1, -0.05) is 26.0 Å². The summed E-state index contributed by atoms with van der Waals surface area (Å²) in [5, 5.41) is 10.2. The van der Waals surface area contributed by atoms with Crippen molar-refractivity contribution in [2.75, 3.05) is 0 Å². The maximum absolute atomic E-state index is 12.0. The average Bonchev–Trinajstić information content (AvgIpc) is 2.25. The van der Waals surface area contributed by atoms with E-state index < -0.39 is 11.6 Å². The van der Waals surface area contributed by atoms with Crippen molar-refractivity contribution >= 4 is 5.97 Å². The largest absolute Gasteiger partial charge is 0.507 e. The Morgan fingerprint density at radius 2 is 1.95 bits per heavy atom. The lowest BCUT2D eigenvalue weighted by Gasteiger charge is -2.20. The molecule has 0 saturated heterocycles. The van der Waals surface area contributed by atoms with Crippen LogP contribution in [0.25, 0.3) is 0 Å². The van der Waals surface area contributed by atoms with Gasteiger partial charge in [-0.3, -0.25) is 0 Å². The summed E-state index contributed by atoms with van der Waals surface area (Å²) in [4.78, 5) is 12.0. The first-order valence-electron chi connectivity index (χ1n) is 6.75. The molecular formula is C16H24O3. The van der Waals surface area contributed by atoms with Crippen molar-refractivity contribution in [1.82, 2.24) is 0 Å². The third-order valence-corrected chi connectivity index (χ3v) is 2.73. The molecule has 1 rings (SSSR count). The molecular weight excluding hydrogens is 240 g/mol. The zero-order chi connectivity index (χ0) is 14.6. The summed E-state index contributed by atoms with van der Waals surface area (Å²) in [7, 11) is 0. The van der Waals surface area contributed by atoms with Crippen LogP contribution in [0.15, 0.2) is 18.2 Å². The number of carbonyl (C=O) groups excluding carboxylic acids is 1. The van der Waals surface area contributed by atoms with Crippen LogP contribution < -0.4 is 0 Å². The Labute approximate surface area is 115 Å². The zero-order valence-corrected chi connectivity index (χ0v) is 12.5. The Morgan fingerprint density at radius 1 is 1.32 bits per heavy atom. The molecule has 3 heteroatoms. The molecule has 0 spiro atoms. The molecule has 0 atom stereocenters. The fourth-order valence-electron chi connectivity index (χ4n) is 1.74. The van der Waals surface area contributed by atoms with Crippen LogP contribution in [0, 0.1) is 5.92 Å². The summed E-state index contributed by atoms with van der Waals surface area (Å²) < 4.78 is 5.29. The van der Waals surface area contributed by atoms with E-state index in [0.717, 1.165) is 18.4 Å². The average molecular weight is 264 g/mol. The number of ether oxygens (including phenoxy) is 1. The molecule has 0 radical (unpaired) electrons. The molecule has 0 unspecified atom stereocenters. The van der Waals surface area contributed by atoms with Crippen LogP contribution in [0.1, 0.15) is 57.0 Å². The highest BCUT2D eigenvalue weighted by molar-refractivity contribution is 5.93. The number of hydrogen-bond acceptors (Lipinski definition) is 3. The van der Waals surface area contributed by atoms with Crippen LogP contribution in [0.5, 0.6) is 5.75 Å². The number of aryl methyl sites for hydroxylation is 1. The third kappa shape index (κ3) is 4.93. The third-order valence-electron chi connectivity index (χ3n) is 2.73. The minimum Gasteiger partial charge on any atom is -0.507 e. The minimum atomic E-state index is -0.558. The van der Waals surface area contributed by atoms with Crippen LogP contribution in [0.3, 0.4) is 0 Å². The quantitative estimate of drug-likeness (QED) is 0.838. The van der Waals surface area contributed by atoms with E-state index in [9.17, 15) is 9.90 Å². The lowest BCUT2D eigenvalue weighted by molar-refractivity contribution is 0.00666. The summed E-state index contributed by atoms with van der Waals surface area (Å²) in [5.74, 6) is 0.137. The first kappa shape index (κ1) is 15.5. The number of aromatic hydroxyl groups is 1. The van der Waals surface area contributed by atoms with Crippen molar-refractivity contribution in [3.8, 4) is 5.75 Å². The van der Waals surface area contributed by atoms with Gasteiger partial charge >= 0.3 is 5.97 Å². The Morgan fingerprint density at radius 3 is 2.47 bits per heavy atom. The maximum Gasteiger partial charge on any atom is 0.342 e. The standard InChI is InChI=1S/C16H24O3/c1-11(2)9-10-12-7-6-8-13(14(12)17)15(18)19-16(3,4)5/h6-8,11,17H,9-10H2,1-5H3. The second-order valence-electron chi connectivity index (χ2n) is 6.25. The van der Waals surface area contributed by atoms with Crippen LogP contribution in [-0.4, -0.2) is 16.7 Å². The number of carbonyl (C=O) groups is 1. The molecule has 0 aliphatic rings. The predicted octanol–water partition coefficient (Wildman–Crippen LogP) is 3.94. The molecule has 0 aliphatic carbocycles. The number of hydrogen-bond donors (Lipinski definition) is 1. The molecule has 0 amide bonds.